The lowest BCUT2D eigenvalue weighted by Crippen LogP contribution is -2.38. The van der Waals surface area contributed by atoms with E-state index < -0.39 is 0 Å². The minimum absolute atomic E-state index is 0.339. The topological polar surface area (TPSA) is 68.2 Å². The fourth-order valence-corrected chi connectivity index (χ4v) is 2.98. The Balaban J connectivity index is 1.83. The maximum atomic E-state index is 5.97. The fraction of sp³-hybridized carbons (Fsp3) is 0.444. The highest BCUT2D eigenvalue weighted by molar-refractivity contribution is 5.78. The van der Waals surface area contributed by atoms with E-state index in [0.29, 0.717) is 18.5 Å². The van der Waals surface area contributed by atoms with Crippen LogP contribution in [-0.4, -0.2) is 21.8 Å². The molecule has 0 spiro atoms. The predicted molar refractivity (Wildman–Crippen MR) is 93.8 cm³/mol. The molecule has 1 heterocycles. The summed E-state index contributed by atoms with van der Waals surface area (Å²) in [6, 6.07) is 10.6. The standard InChI is InChI=1S/C18H25N5/c1-3-13(2)21-18(19)20-12-16-15-10-7-11-17(15)23(22-16)14-8-5-4-6-9-14/h4-6,8-9,13H,3,7,10-12H2,1-2H3,(H3,19,20,21). The van der Waals surface area contributed by atoms with Crippen LogP contribution in [0.3, 0.4) is 0 Å². The van der Waals surface area contributed by atoms with Crippen molar-refractivity contribution in [3.8, 4) is 5.69 Å². The van der Waals surface area contributed by atoms with Crippen LogP contribution in [0.5, 0.6) is 0 Å². The van der Waals surface area contributed by atoms with Crippen molar-refractivity contribution >= 4 is 5.96 Å². The monoisotopic (exact) mass is 311 g/mol. The van der Waals surface area contributed by atoms with Gasteiger partial charge in [0.05, 0.1) is 17.9 Å². The zero-order chi connectivity index (χ0) is 16.2. The lowest BCUT2D eigenvalue weighted by atomic mass is 10.2. The summed E-state index contributed by atoms with van der Waals surface area (Å²) < 4.78 is 2.07. The highest BCUT2D eigenvalue weighted by Crippen LogP contribution is 2.28. The number of aromatic nitrogens is 2. The van der Waals surface area contributed by atoms with Crippen molar-refractivity contribution in [1.29, 1.82) is 0 Å². The zero-order valence-electron chi connectivity index (χ0n) is 13.9. The minimum atomic E-state index is 0.339. The summed E-state index contributed by atoms with van der Waals surface area (Å²) >= 11 is 0. The van der Waals surface area contributed by atoms with Crippen LogP contribution in [0.4, 0.5) is 0 Å². The molecular formula is C18H25N5. The number of nitrogens with zero attached hydrogens (tertiary/aromatic N) is 3. The normalized spacial score (nSPS) is 15.5. The van der Waals surface area contributed by atoms with E-state index in [4.69, 9.17) is 10.8 Å². The zero-order valence-corrected chi connectivity index (χ0v) is 13.9. The van der Waals surface area contributed by atoms with Crippen molar-refractivity contribution in [3.63, 3.8) is 0 Å². The SMILES string of the molecule is CCC(C)NC(N)=NCc1nn(-c2ccccc2)c2c1CCC2. The van der Waals surface area contributed by atoms with Gasteiger partial charge in [-0.15, -0.1) is 0 Å². The molecule has 1 aliphatic rings. The van der Waals surface area contributed by atoms with Crippen LogP contribution in [0.25, 0.3) is 5.69 Å². The Morgan fingerprint density at radius 1 is 1.35 bits per heavy atom. The van der Waals surface area contributed by atoms with Crippen LogP contribution in [0.1, 0.15) is 43.6 Å². The van der Waals surface area contributed by atoms with Gasteiger partial charge in [0.25, 0.3) is 0 Å². The van der Waals surface area contributed by atoms with E-state index >= 15 is 0 Å². The number of hydrogen-bond donors (Lipinski definition) is 2. The van der Waals surface area contributed by atoms with E-state index in [9.17, 15) is 0 Å². The number of para-hydroxylation sites is 1. The molecule has 1 aromatic heterocycles. The van der Waals surface area contributed by atoms with Gasteiger partial charge < -0.3 is 11.1 Å². The first-order chi connectivity index (χ1) is 11.2. The van der Waals surface area contributed by atoms with Gasteiger partial charge in [0.1, 0.15) is 0 Å². The first kappa shape index (κ1) is 15.6. The third-order valence-corrected chi connectivity index (χ3v) is 4.42. The lowest BCUT2D eigenvalue weighted by molar-refractivity contribution is 0.636. The van der Waals surface area contributed by atoms with Crippen molar-refractivity contribution in [3.05, 3.63) is 47.3 Å². The molecule has 1 atom stereocenters. The molecule has 1 unspecified atom stereocenters. The molecule has 0 aliphatic heterocycles. The molecule has 1 aliphatic carbocycles. The van der Waals surface area contributed by atoms with Crippen molar-refractivity contribution in [2.24, 2.45) is 10.7 Å². The Bertz CT molecular complexity index is 687. The maximum absolute atomic E-state index is 5.97. The molecule has 0 bridgehead atoms. The van der Waals surface area contributed by atoms with Crippen LogP contribution in [0.15, 0.2) is 35.3 Å². The Morgan fingerprint density at radius 2 is 2.13 bits per heavy atom. The molecule has 5 nitrogen and oxygen atoms in total. The number of nitrogens with one attached hydrogen (secondary N) is 1. The molecule has 0 amide bonds. The van der Waals surface area contributed by atoms with Gasteiger partial charge in [-0.1, -0.05) is 25.1 Å². The van der Waals surface area contributed by atoms with Gasteiger partial charge in [0.15, 0.2) is 5.96 Å². The molecule has 0 fully saturated rings. The van der Waals surface area contributed by atoms with Gasteiger partial charge in [-0.3, -0.25) is 0 Å². The average Bonchev–Trinajstić information content (AvgIpc) is 3.16. The van der Waals surface area contributed by atoms with Crippen molar-refractivity contribution in [2.75, 3.05) is 0 Å². The molecule has 23 heavy (non-hydrogen) atoms. The summed E-state index contributed by atoms with van der Waals surface area (Å²) in [5.41, 5.74) is 10.8. The van der Waals surface area contributed by atoms with E-state index in [0.717, 1.165) is 30.6 Å². The van der Waals surface area contributed by atoms with E-state index in [1.165, 1.54) is 17.7 Å². The van der Waals surface area contributed by atoms with Crippen molar-refractivity contribution < 1.29 is 0 Å². The molecule has 0 saturated carbocycles. The summed E-state index contributed by atoms with van der Waals surface area (Å²) in [6.45, 7) is 4.76. The second-order valence-corrected chi connectivity index (χ2v) is 6.13. The predicted octanol–water partition coefficient (Wildman–Crippen LogP) is 2.56. The molecule has 3 N–H and O–H groups in total. The quantitative estimate of drug-likeness (QED) is 0.659. The largest absolute Gasteiger partial charge is 0.370 e. The molecular weight excluding hydrogens is 286 g/mol. The number of hydrogen-bond acceptors (Lipinski definition) is 2. The van der Waals surface area contributed by atoms with Crippen molar-refractivity contribution in [1.82, 2.24) is 15.1 Å². The van der Waals surface area contributed by atoms with Gasteiger partial charge >= 0.3 is 0 Å². The van der Waals surface area contributed by atoms with Gasteiger partial charge in [0, 0.05) is 11.7 Å². The van der Waals surface area contributed by atoms with E-state index in [-0.39, 0.29) is 0 Å². The van der Waals surface area contributed by atoms with Crippen LogP contribution in [-0.2, 0) is 19.4 Å². The molecule has 1 aromatic carbocycles. The lowest BCUT2D eigenvalue weighted by Gasteiger charge is -2.11. The van der Waals surface area contributed by atoms with Gasteiger partial charge in [-0.05, 0) is 50.3 Å². The minimum Gasteiger partial charge on any atom is -0.370 e. The van der Waals surface area contributed by atoms with Gasteiger partial charge in [-0.2, -0.15) is 5.10 Å². The number of fused-ring (bicyclic) bond motifs is 1. The maximum Gasteiger partial charge on any atom is 0.189 e. The van der Waals surface area contributed by atoms with Crippen molar-refractivity contribution in [2.45, 2.75) is 52.1 Å². The molecule has 0 radical (unpaired) electrons. The van der Waals surface area contributed by atoms with Crippen LogP contribution >= 0.6 is 0 Å². The number of guanidine groups is 1. The Labute approximate surface area is 137 Å². The summed E-state index contributed by atoms with van der Waals surface area (Å²) in [5.74, 6) is 0.500. The highest BCUT2D eigenvalue weighted by atomic mass is 15.3. The van der Waals surface area contributed by atoms with Crippen LogP contribution in [0, 0.1) is 0 Å². The number of nitrogens with two attached hydrogens (primary N) is 1. The molecule has 3 rings (SSSR count). The molecule has 122 valence electrons. The Hall–Kier alpha value is -2.30. The summed E-state index contributed by atoms with van der Waals surface area (Å²) in [5, 5.41) is 8.00. The Kier molecular flexibility index (Phi) is 4.65. The summed E-state index contributed by atoms with van der Waals surface area (Å²) in [6.07, 6.45) is 4.39. The highest BCUT2D eigenvalue weighted by Gasteiger charge is 2.22. The third-order valence-electron chi connectivity index (χ3n) is 4.42. The molecule has 5 heteroatoms. The summed E-state index contributed by atoms with van der Waals surface area (Å²) in [4.78, 5) is 4.47. The van der Waals surface area contributed by atoms with Gasteiger partial charge in [-0.25, -0.2) is 9.67 Å². The Morgan fingerprint density at radius 3 is 2.87 bits per heavy atom. The van der Waals surface area contributed by atoms with Gasteiger partial charge in [0.2, 0.25) is 0 Å². The van der Waals surface area contributed by atoms with E-state index in [1.54, 1.807) is 0 Å². The second kappa shape index (κ2) is 6.86. The van der Waals surface area contributed by atoms with Crippen LogP contribution in [0.2, 0.25) is 0 Å². The first-order valence-corrected chi connectivity index (χ1v) is 8.40. The second-order valence-electron chi connectivity index (χ2n) is 6.13. The average molecular weight is 311 g/mol. The number of rotatable bonds is 5. The van der Waals surface area contributed by atoms with Crippen LogP contribution < -0.4 is 11.1 Å². The number of benzene rings is 1. The smallest absolute Gasteiger partial charge is 0.189 e. The van der Waals surface area contributed by atoms with E-state index in [2.05, 4.69) is 41.0 Å². The molecule has 2 aromatic rings. The summed E-state index contributed by atoms with van der Waals surface area (Å²) in [7, 11) is 0. The third kappa shape index (κ3) is 3.38. The number of aliphatic imine (C=N–C) groups is 1. The first-order valence-electron chi connectivity index (χ1n) is 8.40. The van der Waals surface area contributed by atoms with E-state index in [1.807, 2.05) is 18.2 Å². The fourth-order valence-electron chi connectivity index (χ4n) is 2.98. The molecule has 0 saturated heterocycles.